The van der Waals surface area contributed by atoms with Crippen molar-refractivity contribution in [2.45, 2.75) is 18.6 Å². The van der Waals surface area contributed by atoms with E-state index in [9.17, 15) is 8.42 Å². The summed E-state index contributed by atoms with van der Waals surface area (Å²) in [6.07, 6.45) is 2.09. The Morgan fingerprint density at radius 3 is 2.79 bits per heavy atom. The Bertz CT molecular complexity index is 617. The molecule has 0 amide bonds. The van der Waals surface area contributed by atoms with E-state index in [1.165, 1.54) is 5.41 Å². The normalized spacial score (nSPS) is 22.3. The van der Waals surface area contributed by atoms with Crippen molar-refractivity contribution < 1.29 is 17.9 Å². The third-order valence-electron chi connectivity index (χ3n) is 3.72. The molecule has 0 aliphatic carbocycles. The lowest BCUT2D eigenvalue weighted by atomic mass is 10.1. The fourth-order valence-electron chi connectivity index (χ4n) is 2.40. The maximum Gasteiger partial charge on any atom is 0.234 e. The summed E-state index contributed by atoms with van der Waals surface area (Å²) in [5.41, 5.74) is 0.835. The van der Waals surface area contributed by atoms with Gasteiger partial charge in [-0.2, -0.15) is 0 Å². The minimum absolute atomic E-state index is 0.168. The van der Waals surface area contributed by atoms with Crippen molar-refractivity contribution >= 4 is 16.1 Å². The zero-order chi connectivity index (χ0) is 17.4. The molecule has 0 bridgehead atoms. The first kappa shape index (κ1) is 19.1. The monoisotopic (exact) mass is 354 g/mol. The summed E-state index contributed by atoms with van der Waals surface area (Å²) in [7, 11) is 0.394. The van der Waals surface area contributed by atoms with Gasteiger partial charge in [0.15, 0.2) is 0 Å². The van der Waals surface area contributed by atoms with Gasteiger partial charge in [-0.15, -0.1) is 0 Å². The van der Waals surface area contributed by atoms with Crippen molar-refractivity contribution in [3.8, 4) is 0 Å². The van der Waals surface area contributed by atoms with Crippen LogP contribution in [0.1, 0.15) is 12.0 Å². The molecule has 0 aromatic heterocycles. The zero-order valence-corrected chi connectivity index (χ0v) is 15.0. The van der Waals surface area contributed by atoms with Crippen LogP contribution in [0.2, 0.25) is 0 Å². The number of benzene rings is 1. The minimum atomic E-state index is -3.55. The molecule has 1 saturated heterocycles. The molecule has 0 radical (unpaired) electrons. The fraction of sp³-hybridized carbons (Fsp3) is 0.529. The minimum Gasteiger partial charge on any atom is -0.380 e. The Balaban J connectivity index is 1.93. The number of rotatable bonds is 8. The average Bonchev–Trinajstić information content (AvgIpc) is 2.55. The van der Waals surface area contributed by atoms with Crippen LogP contribution in [0.3, 0.4) is 0 Å². The van der Waals surface area contributed by atoms with E-state index < -0.39 is 10.0 Å². The molecule has 7 heteroatoms. The predicted octanol–water partition coefficient (Wildman–Crippen LogP) is 1.31. The Kier molecular flexibility index (Phi) is 7.39. The van der Waals surface area contributed by atoms with Crippen LogP contribution < -0.4 is 4.72 Å². The molecule has 1 aliphatic heterocycles. The number of hydrogen-bond donors (Lipinski definition) is 1. The Morgan fingerprint density at radius 2 is 2.08 bits per heavy atom. The van der Waals surface area contributed by atoms with Gasteiger partial charge in [0, 0.05) is 18.6 Å². The molecule has 1 fully saturated rings. The molecular weight excluding hydrogens is 328 g/mol. The lowest BCUT2D eigenvalue weighted by Crippen LogP contribution is -2.50. The summed E-state index contributed by atoms with van der Waals surface area (Å²) in [5, 5.41) is 1.19. The van der Waals surface area contributed by atoms with Crippen LogP contribution in [0.4, 0.5) is 0 Å². The maximum atomic E-state index is 12.3. The van der Waals surface area contributed by atoms with Crippen LogP contribution in [0, 0.1) is 0 Å². The van der Waals surface area contributed by atoms with Crippen LogP contribution in [-0.4, -0.2) is 65.9 Å². The summed E-state index contributed by atoms with van der Waals surface area (Å²) in [4.78, 5) is 2.03. The molecule has 134 valence electrons. The quantitative estimate of drug-likeness (QED) is 0.762. The molecule has 1 aromatic rings. The Hall–Kier alpha value is -1.25. The van der Waals surface area contributed by atoms with E-state index in [1.807, 2.05) is 49.3 Å². The van der Waals surface area contributed by atoms with Crippen molar-refractivity contribution in [3.05, 3.63) is 41.3 Å². The Labute approximate surface area is 144 Å². The maximum absolute atomic E-state index is 12.3. The van der Waals surface area contributed by atoms with Crippen molar-refractivity contribution in [2.75, 3.05) is 40.5 Å². The molecular formula is C17H26N2O4S. The van der Waals surface area contributed by atoms with Crippen molar-refractivity contribution in [1.82, 2.24) is 9.62 Å². The van der Waals surface area contributed by atoms with Gasteiger partial charge in [-0.05, 0) is 32.2 Å². The van der Waals surface area contributed by atoms with E-state index in [-0.39, 0.29) is 12.1 Å². The van der Waals surface area contributed by atoms with Crippen LogP contribution in [0.5, 0.6) is 0 Å². The molecule has 1 heterocycles. The summed E-state index contributed by atoms with van der Waals surface area (Å²) in [6.45, 7) is 2.27. The van der Waals surface area contributed by atoms with Gasteiger partial charge < -0.3 is 14.4 Å². The second-order valence-electron chi connectivity index (χ2n) is 6.06. The molecule has 2 rings (SSSR count). The highest BCUT2D eigenvalue weighted by Crippen LogP contribution is 2.14. The lowest BCUT2D eigenvalue weighted by Gasteiger charge is -2.31. The molecule has 24 heavy (non-hydrogen) atoms. The number of likely N-dealkylation sites (N-methyl/N-ethyl adjacent to an activating group) is 1. The van der Waals surface area contributed by atoms with Gasteiger partial charge in [-0.3, -0.25) is 0 Å². The SMILES string of the molecule is CN(C)CCO[C@H]1CCOC[C@H]1NS(=O)(=O)C=Cc1ccccc1. The van der Waals surface area contributed by atoms with Gasteiger partial charge >= 0.3 is 0 Å². The highest BCUT2D eigenvalue weighted by atomic mass is 32.2. The van der Waals surface area contributed by atoms with Crippen molar-refractivity contribution in [3.63, 3.8) is 0 Å². The second kappa shape index (κ2) is 9.29. The molecule has 0 unspecified atom stereocenters. The summed E-state index contributed by atoms with van der Waals surface area (Å²) in [6, 6.07) is 8.95. The van der Waals surface area contributed by atoms with Gasteiger partial charge in [0.25, 0.3) is 0 Å². The number of hydrogen-bond acceptors (Lipinski definition) is 5. The summed E-state index contributed by atoms with van der Waals surface area (Å²) < 4.78 is 38.5. The predicted molar refractivity (Wildman–Crippen MR) is 95.0 cm³/mol. The number of sulfonamides is 1. The summed E-state index contributed by atoms with van der Waals surface area (Å²) in [5.74, 6) is 0. The van der Waals surface area contributed by atoms with Crippen molar-refractivity contribution in [2.24, 2.45) is 0 Å². The second-order valence-corrected chi connectivity index (χ2v) is 7.66. The van der Waals surface area contributed by atoms with Gasteiger partial charge in [0.1, 0.15) is 0 Å². The molecule has 0 saturated carbocycles. The first-order valence-electron chi connectivity index (χ1n) is 8.06. The van der Waals surface area contributed by atoms with E-state index in [0.29, 0.717) is 26.2 Å². The van der Waals surface area contributed by atoms with E-state index in [4.69, 9.17) is 9.47 Å². The van der Waals surface area contributed by atoms with Gasteiger partial charge in [-0.1, -0.05) is 30.3 Å². The Morgan fingerprint density at radius 1 is 1.33 bits per heavy atom. The van der Waals surface area contributed by atoms with Gasteiger partial charge in [-0.25, -0.2) is 13.1 Å². The van der Waals surface area contributed by atoms with Gasteiger partial charge in [0.2, 0.25) is 10.0 Å². The van der Waals surface area contributed by atoms with Crippen LogP contribution in [0.25, 0.3) is 6.08 Å². The van der Waals surface area contributed by atoms with Crippen LogP contribution in [0.15, 0.2) is 35.7 Å². The largest absolute Gasteiger partial charge is 0.380 e. The van der Waals surface area contributed by atoms with E-state index in [1.54, 1.807) is 6.08 Å². The third kappa shape index (κ3) is 6.70. The number of nitrogens with one attached hydrogen (secondary N) is 1. The topological polar surface area (TPSA) is 67.9 Å². The fourth-order valence-corrected chi connectivity index (χ4v) is 3.45. The molecule has 2 atom stereocenters. The van der Waals surface area contributed by atoms with E-state index in [2.05, 4.69) is 4.72 Å². The molecule has 6 nitrogen and oxygen atoms in total. The summed E-state index contributed by atoms with van der Waals surface area (Å²) >= 11 is 0. The van der Waals surface area contributed by atoms with E-state index >= 15 is 0 Å². The highest BCUT2D eigenvalue weighted by molar-refractivity contribution is 7.92. The smallest absolute Gasteiger partial charge is 0.234 e. The van der Waals surface area contributed by atoms with Crippen LogP contribution in [-0.2, 0) is 19.5 Å². The zero-order valence-electron chi connectivity index (χ0n) is 14.2. The van der Waals surface area contributed by atoms with Gasteiger partial charge in [0.05, 0.1) is 25.4 Å². The first-order chi connectivity index (χ1) is 11.5. The van der Waals surface area contributed by atoms with Crippen molar-refractivity contribution in [1.29, 1.82) is 0 Å². The molecule has 1 aliphatic rings. The lowest BCUT2D eigenvalue weighted by molar-refractivity contribution is -0.0527. The highest BCUT2D eigenvalue weighted by Gasteiger charge is 2.29. The number of ether oxygens (including phenoxy) is 2. The molecule has 1 N–H and O–H groups in total. The molecule has 0 spiro atoms. The molecule has 1 aromatic carbocycles. The standard InChI is InChI=1S/C17H26N2O4S/c1-19(2)10-12-23-17-8-11-22-14-16(17)18-24(20,21)13-9-15-6-4-3-5-7-15/h3-7,9,13,16-18H,8,10-12,14H2,1-2H3/t16-,17+/m1/s1. The van der Waals surface area contributed by atoms with Crippen LogP contribution >= 0.6 is 0 Å². The van der Waals surface area contributed by atoms with E-state index in [0.717, 1.165) is 12.1 Å². The number of nitrogens with zero attached hydrogens (tertiary/aromatic N) is 1. The third-order valence-corrected chi connectivity index (χ3v) is 4.84. The first-order valence-corrected chi connectivity index (χ1v) is 9.60. The average molecular weight is 354 g/mol.